The second-order valence-corrected chi connectivity index (χ2v) is 5.27. The number of carbonyl (C=O) groups excluding carboxylic acids is 2. The first-order valence-corrected chi connectivity index (χ1v) is 7.14. The van der Waals surface area contributed by atoms with Gasteiger partial charge in [-0.05, 0) is 29.8 Å². The summed E-state index contributed by atoms with van der Waals surface area (Å²) in [7, 11) is 0. The summed E-state index contributed by atoms with van der Waals surface area (Å²) in [5, 5.41) is 5.67. The van der Waals surface area contributed by atoms with Gasteiger partial charge in [0.25, 0.3) is 5.91 Å². The lowest BCUT2D eigenvalue weighted by Crippen LogP contribution is -2.23. The van der Waals surface area contributed by atoms with E-state index in [1.807, 2.05) is 38.1 Å². The molecule has 0 spiro atoms. The van der Waals surface area contributed by atoms with E-state index < -0.39 is 0 Å². The van der Waals surface area contributed by atoms with Crippen LogP contribution in [0.1, 0.15) is 29.8 Å². The maximum Gasteiger partial charge on any atom is 0.253 e. The van der Waals surface area contributed by atoms with Crippen LogP contribution in [0.3, 0.4) is 0 Å². The minimum absolute atomic E-state index is 0.0310. The molecule has 0 atom stereocenters. The van der Waals surface area contributed by atoms with E-state index in [0.29, 0.717) is 12.1 Å². The molecule has 2 amide bonds. The van der Waals surface area contributed by atoms with Gasteiger partial charge in [-0.2, -0.15) is 0 Å². The van der Waals surface area contributed by atoms with Crippen molar-refractivity contribution >= 4 is 17.5 Å². The van der Waals surface area contributed by atoms with Crippen LogP contribution in [0.15, 0.2) is 48.8 Å². The fraction of sp³-hybridized carbons (Fsp3) is 0.235. The minimum Gasteiger partial charge on any atom is -0.348 e. The Balaban J connectivity index is 1.96. The largest absolute Gasteiger partial charge is 0.348 e. The van der Waals surface area contributed by atoms with Crippen LogP contribution in [-0.2, 0) is 11.3 Å². The van der Waals surface area contributed by atoms with Crippen LogP contribution in [0.2, 0.25) is 0 Å². The number of amides is 2. The molecule has 0 aliphatic heterocycles. The van der Waals surface area contributed by atoms with Crippen molar-refractivity contribution in [2.24, 2.45) is 5.92 Å². The summed E-state index contributed by atoms with van der Waals surface area (Å²) >= 11 is 0. The molecular weight excluding hydrogens is 278 g/mol. The molecule has 2 aromatic rings. The maximum absolute atomic E-state index is 11.9. The third kappa shape index (κ3) is 4.41. The number of benzene rings is 1. The molecule has 0 aliphatic rings. The maximum atomic E-state index is 11.9. The number of carbonyl (C=O) groups is 2. The first-order chi connectivity index (χ1) is 10.6. The van der Waals surface area contributed by atoms with E-state index in [1.165, 1.54) is 6.20 Å². The molecule has 0 aliphatic carbocycles. The summed E-state index contributed by atoms with van der Waals surface area (Å²) in [6, 6.07) is 10.9. The summed E-state index contributed by atoms with van der Waals surface area (Å²) in [4.78, 5) is 27.6. The number of pyridine rings is 1. The zero-order chi connectivity index (χ0) is 15.9. The molecule has 0 saturated heterocycles. The summed E-state index contributed by atoms with van der Waals surface area (Å²) < 4.78 is 0. The fourth-order valence-corrected chi connectivity index (χ4v) is 1.83. The third-order valence-electron chi connectivity index (χ3n) is 3.10. The van der Waals surface area contributed by atoms with Gasteiger partial charge in [-0.25, -0.2) is 0 Å². The predicted molar refractivity (Wildman–Crippen MR) is 85.3 cm³/mol. The first kappa shape index (κ1) is 15.7. The Kier molecular flexibility index (Phi) is 5.25. The zero-order valence-electron chi connectivity index (χ0n) is 12.7. The van der Waals surface area contributed by atoms with Gasteiger partial charge < -0.3 is 10.6 Å². The number of nitrogens with zero attached hydrogens (tertiary/aromatic N) is 1. The third-order valence-corrected chi connectivity index (χ3v) is 3.10. The van der Waals surface area contributed by atoms with Crippen LogP contribution in [0.4, 0.5) is 5.69 Å². The van der Waals surface area contributed by atoms with Crippen molar-refractivity contribution < 1.29 is 9.59 Å². The number of rotatable bonds is 5. The molecule has 0 radical (unpaired) electrons. The fourth-order valence-electron chi connectivity index (χ4n) is 1.83. The number of hydrogen-bond donors (Lipinski definition) is 2. The van der Waals surface area contributed by atoms with Crippen LogP contribution in [0.25, 0.3) is 0 Å². The van der Waals surface area contributed by atoms with Crippen LogP contribution in [0, 0.1) is 5.92 Å². The Morgan fingerprint density at radius 3 is 2.68 bits per heavy atom. The summed E-state index contributed by atoms with van der Waals surface area (Å²) in [5.74, 6) is -0.282. The monoisotopic (exact) mass is 297 g/mol. The molecule has 2 N–H and O–H groups in total. The molecule has 0 fully saturated rings. The van der Waals surface area contributed by atoms with E-state index in [1.54, 1.807) is 18.3 Å². The lowest BCUT2D eigenvalue weighted by molar-refractivity contribution is -0.118. The highest BCUT2D eigenvalue weighted by Gasteiger charge is 2.08. The van der Waals surface area contributed by atoms with Gasteiger partial charge in [-0.15, -0.1) is 0 Å². The molecule has 22 heavy (non-hydrogen) atoms. The van der Waals surface area contributed by atoms with E-state index in [9.17, 15) is 9.59 Å². The molecule has 2 rings (SSSR count). The number of aromatic nitrogens is 1. The summed E-state index contributed by atoms with van der Waals surface area (Å²) in [6.07, 6.45) is 3.15. The van der Waals surface area contributed by atoms with Crippen LogP contribution >= 0.6 is 0 Å². The summed E-state index contributed by atoms with van der Waals surface area (Å²) in [5.41, 5.74) is 2.16. The zero-order valence-corrected chi connectivity index (χ0v) is 12.7. The quantitative estimate of drug-likeness (QED) is 0.891. The Morgan fingerprint density at radius 1 is 1.18 bits per heavy atom. The normalized spacial score (nSPS) is 10.3. The standard InChI is InChI=1S/C17H19N3O2/c1-12(2)16(21)20-15-7-3-5-13(9-15)10-19-17(22)14-6-4-8-18-11-14/h3-9,11-12H,10H2,1-2H3,(H,19,22)(H,20,21). The second kappa shape index (κ2) is 7.36. The number of hydrogen-bond acceptors (Lipinski definition) is 3. The van der Waals surface area contributed by atoms with E-state index >= 15 is 0 Å². The van der Waals surface area contributed by atoms with Crippen molar-refractivity contribution in [3.05, 3.63) is 59.9 Å². The molecule has 5 nitrogen and oxygen atoms in total. The molecular formula is C17H19N3O2. The number of anilines is 1. The lowest BCUT2D eigenvalue weighted by atomic mass is 10.1. The van der Waals surface area contributed by atoms with Gasteiger partial charge in [0.1, 0.15) is 0 Å². The van der Waals surface area contributed by atoms with Crippen molar-refractivity contribution in [1.82, 2.24) is 10.3 Å². The van der Waals surface area contributed by atoms with E-state index in [2.05, 4.69) is 15.6 Å². The van der Waals surface area contributed by atoms with Gasteiger partial charge in [0.05, 0.1) is 5.56 Å². The molecule has 1 heterocycles. The number of nitrogens with one attached hydrogen (secondary N) is 2. The van der Waals surface area contributed by atoms with Gasteiger partial charge in [-0.3, -0.25) is 14.6 Å². The van der Waals surface area contributed by atoms with Gasteiger partial charge in [0.15, 0.2) is 0 Å². The highest BCUT2D eigenvalue weighted by atomic mass is 16.2. The molecule has 0 bridgehead atoms. The van der Waals surface area contributed by atoms with E-state index in [4.69, 9.17) is 0 Å². The molecule has 5 heteroatoms. The van der Waals surface area contributed by atoms with Crippen LogP contribution in [-0.4, -0.2) is 16.8 Å². The Labute approximate surface area is 129 Å². The highest BCUT2D eigenvalue weighted by Crippen LogP contribution is 2.12. The van der Waals surface area contributed by atoms with Crippen LogP contribution in [0.5, 0.6) is 0 Å². The Hall–Kier alpha value is -2.69. The van der Waals surface area contributed by atoms with Crippen LogP contribution < -0.4 is 10.6 Å². The van der Waals surface area contributed by atoms with Crippen molar-refractivity contribution in [1.29, 1.82) is 0 Å². The van der Waals surface area contributed by atoms with Gasteiger partial charge >= 0.3 is 0 Å². The lowest BCUT2D eigenvalue weighted by Gasteiger charge is -2.10. The molecule has 0 unspecified atom stereocenters. The van der Waals surface area contributed by atoms with E-state index in [0.717, 1.165) is 11.3 Å². The average Bonchev–Trinajstić information content (AvgIpc) is 2.53. The van der Waals surface area contributed by atoms with Gasteiger partial charge in [-0.1, -0.05) is 26.0 Å². The predicted octanol–water partition coefficient (Wildman–Crippen LogP) is 2.61. The van der Waals surface area contributed by atoms with E-state index in [-0.39, 0.29) is 17.7 Å². The molecule has 114 valence electrons. The van der Waals surface area contributed by atoms with Gasteiger partial charge in [0, 0.05) is 30.5 Å². The highest BCUT2D eigenvalue weighted by molar-refractivity contribution is 5.94. The Morgan fingerprint density at radius 2 is 2.00 bits per heavy atom. The molecule has 0 saturated carbocycles. The van der Waals surface area contributed by atoms with Crippen molar-refractivity contribution in [3.63, 3.8) is 0 Å². The first-order valence-electron chi connectivity index (χ1n) is 7.14. The van der Waals surface area contributed by atoms with Crippen molar-refractivity contribution in [2.45, 2.75) is 20.4 Å². The minimum atomic E-state index is -0.176. The molecule has 1 aromatic heterocycles. The van der Waals surface area contributed by atoms with Gasteiger partial charge in [0.2, 0.25) is 5.91 Å². The molecule has 1 aromatic carbocycles. The second-order valence-electron chi connectivity index (χ2n) is 5.27. The van der Waals surface area contributed by atoms with Crippen molar-refractivity contribution in [3.8, 4) is 0 Å². The average molecular weight is 297 g/mol. The summed E-state index contributed by atoms with van der Waals surface area (Å²) in [6.45, 7) is 4.07. The van der Waals surface area contributed by atoms with Crippen molar-refractivity contribution in [2.75, 3.05) is 5.32 Å². The smallest absolute Gasteiger partial charge is 0.253 e. The SMILES string of the molecule is CC(C)C(=O)Nc1cccc(CNC(=O)c2cccnc2)c1. The topological polar surface area (TPSA) is 71.1 Å². The Bertz CT molecular complexity index is 654.